The number of halogens is 1. The predicted octanol–water partition coefficient (Wildman–Crippen LogP) is 2.91. The molecule has 1 aliphatic rings. The molecule has 1 aliphatic heterocycles. The van der Waals surface area contributed by atoms with Crippen molar-refractivity contribution in [2.45, 2.75) is 39.3 Å². The lowest BCUT2D eigenvalue weighted by Crippen LogP contribution is -2.40. The van der Waals surface area contributed by atoms with Crippen LogP contribution in [0, 0.1) is 23.1 Å². The van der Waals surface area contributed by atoms with Crippen molar-refractivity contribution in [2.24, 2.45) is 5.92 Å². The third kappa shape index (κ3) is 4.80. The molecule has 0 aliphatic carbocycles. The van der Waals surface area contributed by atoms with E-state index < -0.39 is 0 Å². The fraction of sp³-hybridized carbons (Fsp3) is 0.588. The minimum Gasteiger partial charge on any atom is -0.316 e. The third-order valence-electron chi connectivity index (χ3n) is 4.09. The molecule has 1 aromatic rings. The van der Waals surface area contributed by atoms with Gasteiger partial charge >= 0.3 is 0 Å². The number of nitrogens with zero attached hydrogens (tertiary/aromatic N) is 2. The lowest BCUT2D eigenvalue weighted by Gasteiger charge is -2.32. The van der Waals surface area contributed by atoms with Crippen LogP contribution in [0.2, 0.25) is 0 Å². The van der Waals surface area contributed by atoms with Gasteiger partial charge in [-0.2, -0.15) is 5.26 Å². The molecule has 0 bridgehead atoms. The Kier molecular flexibility index (Phi) is 5.72. The molecule has 1 aromatic carbocycles. The zero-order valence-electron chi connectivity index (χ0n) is 12.9. The van der Waals surface area contributed by atoms with E-state index in [9.17, 15) is 4.39 Å². The number of nitriles is 1. The van der Waals surface area contributed by atoms with Crippen molar-refractivity contribution in [3.05, 3.63) is 35.1 Å². The summed E-state index contributed by atoms with van der Waals surface area (Å²) in [7, 11) is 0. The van der Waals surface area contributed by atoms with Crippen LogP contribution in [0.4, 0.5) is 4.39 Å². The summed E-state index contributed by atoms with van der Waals surface area (Å²) < 4.78 is 13.5. The second kappa shape index (κ2) is 7.53. The van der Waals surface area contributed by atoms with Gasteiger partial charge in [-0.1, -0.05) is 0 Å². The van der Waals surface area contributed by atoms with E-state index in [0.29, 0.717) is 24.1 Å². The molecule has 4 heteroatoms. The smallest absolute Gasteiger partial charge is 0.124 e. The van der Waals surface area contributed by atoms with Crippen molar-refractivity contribution in [3.63, 3.8) is 0 Å². The van der Waals surface area contributed by atoms with E-state index in [-0.39, 0.29) is 5.82 Å². The minimum absolute atomic E-state index is 0.327. The molecule has 114 valence electrons. The Bertz CT molecular complexity index is 501. The lowest BCUT2D eigenvalue weighted by molar-refractivity contribution is 0.164. The summed E-state index contributed by atoms with van der Waals surface area (Å²) in [4.78, 5) is 2.37. The summed E-state index contributed by atoms with van der Waals surface area (Å²) in [6, 6.07) is 7.04. The van der Waals surface area contributed by atoms with E-state index in [2.05, 4.69) is 24.1 Å². The maximum absolute atomic E-state index is 13.5. The standard InChI is InChI=1S/C17H24FN3/c1-13(2)21(11-14-4-3-5-20-10-14)12-16-6-15(9-19)7-17(18)8-16/h6-8,13-14,20H,3-5,10-12H2,1-2H3. The van der Waals surface area contributed by atoms with Crippen LogP contribution in [0.1, 0.15) is 37.8 Å². The molecule has 1 N–H and O–H groups in total. The second-order valence-corrected chi connectivity index (χ2v) is 6.20. The molecule has 1 atom stereocenters. The number of benzene rings is 1. The average Bonchev–Trinajstić information content (AvgIpc) is 2.47. The van der Waals surface area contributed by atoms with E-state index in [1.807, 2.05) is 6.07 Å². The molecule has 1 saturated heterocycles. The molecule has 1 fully saturated rings. The molecule has 1 heterocycles. The van der Waals surface area contributed by atoms with E-state index in [4.69, 9.17) is 5.26 Å². The first kappa shape index (κ1) is 15.9. The van der Waals surface area contributed by atoms with Crippen LogP contribution < -0.4 is 5.32 Å². The van der Waals surface area contributed by atoms with Crippen LogP contribution >= 0.6 is 0 Å². The Hall–Kier alpha value is -1.44. The highest BCUT2D eigenvalue weighted by Crippen LogP contribution is 2.17. The van der Waals surface area contributed by atoms with Crippen LogP contribution in [0.15, 0.2) is 18.2 Å². The van der Waals surface area contributed by atoms with Crippen molar-refractivity contribution in [1.29, 1.82) is 5.26 Å². The summed E-state index contributed by atoms with van der Waals surface area (Å²) in [5.74, 6) is 0.331. The molecule has 0 radical (unpaired) electrons. The molecule has 0 amide bonds. The fourth-order valence-corrected chi connectivity index (χ4v) is 2.91. The first-order valence-corrected chi connectivity index (χ1v) is 7.73. The molecule has 0 spiro atoms. The maximum Gasteiger partial charge on any atom is 0.124 e. The molecule has 0 aromatic heterocycles. The largest absolute Gasteiger partial charge is 0.316 e. The summed E-state index contributed by atoms with van der Waals surface area (Å²) in [5.41, 5.74) is 1.28. The van der Waals surface area contributed by atoms with Crippen LogP contribution in [0.25, 0.3) is 0 Å². The fourth-order valence-electron chi connectivity index (χ4n) is 2.91. The highest BCUT2D eigenvalue weighted by atomic mass is 19.1. The van der Waals surface area contributed by atoms with Gasteiger partial charge in [0.05, 0.1) is 11.6 Å². The van der Waals surface area contributed by atoms with E-state index >= 15 is 0 Å². The first-order valence-electron chi connectivity index (χ1n) is 7.73. The van der Waals surface area contributed by atoms with Gasteiger partial charge in [0.1, 0.15) is 5.82 Å². The van der Waals surface area contributed by atoms with Crippen LogP contribution in [-0.4, -0.2) is 30.6 Å². The first-order chi connectivity index (χ1) is 10.1. The summed E-state index contributed by atoms with van der Waals surface area (Å²) >= 11 is 0. The quantitative estimate of drug-likeness (QED) is 0.906. The summed E-state index contributed by atoms with van der Waals surface area (Å²) in [6.07, 6.45) is 2.48. The Balaban J connectivity index is 2.05. The molecule has 3 nitrogen and oxygen atoms in total. The van der Waals surface area contributed by atoms with Crippen molar-refractivity contribution in [3.8, 4) is 6.07 Å². The number of hydrogen-bond acceptors (Lipinski definition) is 3. The number of hydrogen-bond donors (Lipinski definition) is 1. The summed E-state index contributed by atoms with van der Waals surface area (Å²) in [5, 5.41) is 12.4. The van der Waals surface area contributed by atoms with Crippen molar-refractivity contribution >= 4 is 0 Å². The average molecular weight is 289 g/mol. The van der Waals surface area contributed by atoms with Gasteiger partial charge in [-0.05, 0) is 69.5 Å². The van der Waals surface area contributed by atoms with Crippen LogP contribution in [-0.2, 0) is 6.54 Å². The predicted molar refractivity (Wildman–Crippen MR) is 82.3 cm³/mol. The van der Waals surface area contributed by atoms with Crippen LogP contribution in [0.5, 0.6) is 0 Å². The van der Waals surface area contributed by atoms with E-state index in [0.717, 1.165) is 25.2 Å². The second-order valence-electron chi connectivity index (χ2n) is 6.20. The Morgan fingerprint density at radius 2 is 2.24 bits per heavy atom. The highest BCUT2D eigenvalue weighted by Gasteiger charge is 2.19. The van der Waals surface area contributed by atoms with Gasteiger partial charge in [0.25, 0.3) is 0 Å². The topological polar surface area (TPSA) is 39.1 Å². The van der Waals surface area contributed by atoms with Gasteiger partial charge in [-0.15, -0.1) is 0 Å². The number of rotatable bonds is 5. The lowest BCUT2D eigenvalue weighted by atomic mass is 9.98. The zero-order valence-corrected chi connectivity index (χ0v) is 12.9. The number of piperidine rings is 1. The van der Waals surface area contributed by atoms with Gasteiger partial charge in [-0.25, -0.2) is 4.39 Å². The van der Waals surface area contributed by atoms with Gasteiger partial charge in [0.15, 0.2) is 0 Å². The third-order valence-corrected chi connectivity index (χ3v) is 4.09. The molecule has 2 rings (SSSR count). The molecule has 1 unspecified atom stereocenters. The van der Waals surface area contributed by atoms with E-state index in [1.165, 1.54) is 25.0 Å². The van der Waals surface area contributed by atoms with Gasteiger partial charge in [-0.3, -0.25) is 4.90 Å². The van der Waals surface area contributed by atoms with Crippen molar-refractivity contribution in [1.82, 2.24) is 10.2 Å². The minimum atomic E-state index is -0.327. The zero-order chi connectivity index (χ0) is 15.2. The molecule has 0 saturated carbocycles. The Labute approximate surface area is 126 Å². The van der Waals surface area contributed by atoms with E-state index in [1.54, 1.807) is 6.07 Å². The normalized spacial score (nSPS) is 19.0. The maximum atomic E-state index is 13.5. The molecule has 21 heavy (non-hydrogen) atoms. The molecular formula is C17H24FN3. The number of nitrogens with one attached hydrogen (secondary N) is 1. The molecular weight excluding hydrogens is 265 g/mol. The highest BCUT2D eigenvalue weighted by molar-refractivity contribution is 5.33. The van der Waals surface area contributed by atoms with Crippen molar-refractivity contribution in [2.75, 3.05) is 19.6 Å². The SMILES string of the molecule is CC(C)N(Cc1cc(F)cc(C#N)c1)CC1CCCNC1. The Morgan fingerprint density at radius 3 is 2.86 bits per heavy atom. The van der Waals surface area contributed by atoms with Gasteiger partial charge in [0, 0.05) is 19.1 Å². The Morgan fingerprint density at radius 1 is 1.43 bits per heavy atom. The van der Waals surface area contributed by atoms with Crippen LogP contribution in [0.3, 0.4) is 0 Å². The summed E-state index contributed by atoms with van der Waals surface area (Å²) in [6.45, 7) is 8.23. The van der Waals surface area contributed by atoms with Gasteiger partial charge < -0.3 is 5.32 Å². The van der Waals surface area contributed by atoms with Gasteiger partial charge in [0.2, 0.25) is 0 Å². The van der Waals surface area contributed by atoms with Crippen molar-refractivity contribution < 1.29 is 4.39 Å². The monoisotopic (exact) mass is 289 g/mol.